The number of imide groups is 1. The van der Waals surface area contributed by atoms with Gasteiger partial charge < -0.3 is 5.32 Å². The molecule has 136 valence electrons. The first-order valence-corrected chi connectivity index (χ1v) is 9.53. The van der Waals surface area contributed by atoms with E-state index in [1.165, 1.54) is 4.90 Å². The highest BCUT2D eigenvalue weighted by Gasteiger charge is 2.47. The SMILES string of the molecule is O=C(Nc1cccc(Br)c1)c1ccc(N2C(=O)C3CC=CCC3C2=O)cc1. The molecule has 1 N–H and O–H groups in total. The van der Waals surface area contributed by atoms with Crippen LogP contribution < -0.4 is 10.2 Å². The number of benzene rings is 2. The van der Waals surface area contributed by atoms with Crippen molar-refractivity contribution in [2.75, 3.05) is 10.2 Å². The van der Waals surface area contributed by atoms with Crippen LogP contribution in [0.3, 0.4) is 0 Å². The normalized spacial score (nSPS) is 21.3. The van der Waals surface area contributed by atoms with Gasteiger partial charge in [0.25, 0.3) is 5.91 Å². The van der Waals surface area contributed by atoms with Gasteiger partial charge in [-0.3, -0.25) is 19.3 Å². The number of hydrogen-bond donors (Lipinski definition) is 1. The number of carbonyl (C=O) groups excluding carboxylic acids is 3. The average Bonchev–Trinajstić information content (AvgIpc) is 2.93. The summed E-state index contributed by atoms with van der Waals surface area (Å²) in [5, 5.41) is 2.82. The largest absolute Gasteiger partial charge is 0.322 e. The molecule has 2 aliphatic rings. The van der Waals surface area contributed by atoms with E-state index in [4.69, 9.17) is 0 Å². The minimum absolute atomic E-state index is 0.152. The summed E-state index contributed by atoms with van der Waals surface area (Å²) in [5.74, 6) is -1.08. The fourth-order valence-corrected chi connectivity index (χ4v) is 3.99. The zero-order chi connectivity index (χ0) is 19.0. The lowest BCUT2D eigenvalue weighted by Gasteiger charge is -2.15. The van der Waals surface area contributed by atoms with Crippen LogP contribution in [0.4, 0.5) is 11.4 Å². The molecule has 2 unspecified atom stereocenters. The molecule has 0 bridgehead atoms. The van der Waals surface area contributed by atoms with Crippen molar-refractivity contribution in [3.05, 3.63) is 70.7 Å². The third kappa shape index (κ3) is 3.32. The monoisotopic (exact) mass is 424 g/mol. The van der Waals surface area contributed by atoms with Crippen molar-refractivity contribution in [2.45, 2.75) is 12.8 Å². The molecule has 6 heteroatoms. The van der Waals surface area contributed by atoms with E-state index in [1.807, 2.05) is 30.4 Å². The number of hydrogen-bond acceptors (Lipinski definition) is 3. The van der Waals surface area contributed by atoms with Crippen molar-refractivity contribution in [1.82, 2.24) is 0 Å². The summed E-state index contributed by atoms with van der Waals surface area (Å²) in [5.41, 5.74) is 1.65. The van der Waals surface area contributed by atoms with E-state index in [-0.39, 0.29) is 29.6 Å². The number of rotatable bonds is 3. The van der Waals surface area contributed by atoms with Gasteiger partial charge in [-0.15, -0.1) is 0 Å². The maximum atomic E-state index is 12.6. The van der Waals surface area contributed by atoms with Gasteiger partial charge in [-0.25, -0.2) is 0 Å². The molecular weight excluding hydrogens is 408 g/mol. The van der Waals surface area contributed by atoms with Crippen LogP contribution in [-0.4, -0.2) is 17.7 Å². The smallest absolute Gasteiger partial charge is 0.255 e. The number of amides is 3. The highest BCUT2D eigenvalue weighted by molar-refractivity contribution is 9.10. The van der Waals surface area contributed by atoms with Crippen LogP contribution in [0.2, 0.25) is 0 Å². The Hall–Kier alpha value is -2.73. The molecule has 0 radical (unpaired) electrons. The fraction of sp³-hybridized carbons (Fsp3) is 0.190. The molecular formula is C21H17BrN2O3. The topological polar surface area (TPSA) is 66.5 Å². The molecule has 1 aliphatic heterocycles. The second kappa shape index (κ2) is 7.12. The second-order valence-corrected chi connectivity index (χ2v) is 7.59. The molecule has 1 saturated heterocycles. The quantitative estimate of drug-likeness (QED) is 0.594. The summed E-state index contributed by atoms with van der Waals surface area (Å²) in [7, 11) is 0. The number of nitrogens with one attached hydrogen (secondary N) is 1. The predicted octanol–water partition coefficient (Wildman–Crippen LogP) is 4.16. The van der Waals surface area contributed by atoms with Crippen molar-refractivity contribution in [3.63, 3.8) is 0 Å². The molecule has 4 rings (SSSR count). The number of fused-ring (bicyclic) bond motifs is 1. The molecule has 2 atom stereocenters. The van der Waals surface area contributed by atoms with E-state index in [0.29, 0.717) is 29.8 Å². The number of nitrogens with zero attached hydrogens (tertiary/aromatic N) is 1. The molecule has 1 fully saturated rings. The summed E-state index contributed by atoms with van der Waals surface area (Å²) >= 11 is 3.37. The number of carbonyl (C=O) groups is 3. The van der Waals surface area contributed by atoms with Crippen molar-refractivity contribution in [2.24, 2.45) is 11.8 Å². The molecule has 3 amide bonds. The Morgan fingerprint density at radius 3 is 2.19 bits per heavy atom. The Morgan fingerprint density at radius 2 is 1.59 bits per heavy atom. The van der Waals surface area contributed by atoms with E-state index >= 15 is 0 Å². The van der Waals surface area contributed by atoms with Crippen LogP contribution in [0.15, 0.2) is 65.2 Å². The Balaban J connectivity index is 1.51. The van der Waals surface area contributed by atoms with Crippen molar-refractivity contribution in [3.8, 4) is 0 Å². The summed E-state index contributed by atoms with van der Waals surface area (Å²) in [6, 6.07) is 13.9. The molecule has 2 aromatic carbocycles. The fourth-order valence-electron chi connectivity index (χ4n) is 3.59. The summed E-state index contributed by atoms with van der Waals surface area (Å²) in [6.45, 7) is 0. The maximum Gasteiger partial charge on any atom is 0.255 e. The minimum Gasteiger partial charge on any atom is -0.322 e. The van der Waals surface area contributed by atoms with Gasteiger partial charge in [0.05, 0.1) is 17.5 Å². The zero-order valence-corrected chi connectivity index (χ0v) is 16.0. The van der Waals surface area contributed by atoms with Crippen LogP contribution in [0.5, 0.6) is 0 Å². The highest BCUT2D eigenvalue weighted by atomic mass is 79.9. The molecule has 5 nitrogen and oxygen atoms in total. The van der Waals surface area contributed by atoms with Crippen LogP contribution in [-0.2, 0) is 9.59 Å². The lowest BCUT2D eigenvalue weighted by molar-refractivity contribution is -0.122. The van der Waals surface area contributed by atoms with Gasteiger partial charge in [-0.05, 0) is 55.3 Å². The van der Waals surface area contributed by atoms with Gasteiger partial charge in [0, 0.05) is 15.7 Å². The van der Waals surface area contributed by atoms with Crippen LogP contribution in [0.1, 0.15) is 23.2 Å². The van der Waals surface area contributed by atoms with Gasteiger partial charge in [0.1, 0.15) is 0 Å². The van der Waals surface area contributed by atoms with E-state index in [1.54, 1.807) is 30.3 Å². The lowest BCUT2D eigenvalue weighted by atomic mass is 9.85. The Labute approximate surface area is 165 Å². The van der Waals surface area contributed by atoms with E-state index in [9.17, 15) is 14.4 Å². The van der Waals surface area contributed by atoms with Gasteiger partial charge in [0.15, 0.2) is 0 Å². The van der Waals surface area contributed by atoms with Gasteiger partial charge in [-0.2, -0.15) is 0 Å². The zero-order valence-electron chi connectivity index (χ0n) is 14.4. The molecule has 0 saturated carbocycles. The summed E-state index contributed by atoms with van der Waals surface area (Å²) in [6.07, 6.45) is 5.15. The van der Waals surface area contributed by atoms with Crippen molar-refractivity contribution < 1.29 is 14.4 Å². The first-order valence-electron chi connectivity index (χ1n) is 8.74. The maximum absolute atomic E-state index is 12.6. The number of allylic oxidation sites excluding steroid dienone is 2. The standard InChI is InChI=1S/C21H17BrN2O3/c22-14-4-3-5-15(12-14)23-19(25)13-8-10-16(11-9-13)24-20(26)17-6-1-2-7-18(17)21(24)27/h1-5,8-12,17-18H,6-7H2,(H,23,25). The third-order valence-corrected chi connectivity index (χ3v) is 5.47. The molecule has 2 aromatic rings. The lowest BCUT2D eigenvalue weighted by Crippen LogP contribution is -2.30. The van der Waals surface area contributed by atoms with Gasteiger partial charge in [-0.1, -0.05) is 34.1 Å². The highest BCUT2D eigenvalue weighted by Crippen LogP contribution is 2.37. The average molecular weight is 425 g/mol. The molecule has 0 spiro atoms. The molecule has 1 aliphatic carbocycles. The Morgan fingerprint density at radius 1 is 0.963 bits per heavy atom. The molecule has 27 heavy (non-hydrogen) atoms. The summed E-state index contributed by atoms with van der Waals surface area (Å²) < 4.78 is 0.873. The van der Waals surface area contributed by atoms with Crippen LogP contribution in [0.25, 0.3) is 0 Å². The first kappa shape index (κ1) is 17.7. The predicted molar refractivity (Wildman–Crippen MR) is 106 cm³/mol. The van der Waals surface area contributed by atoms with Crippen molar-refractivity contribution >= 4 is 45.0 Å². The van der Waals surface area contributed by atoms with Crippen LogP contribution in [0, 0.1) is 11.8 Å². The number of halogens is 1. The molecule has 1 heterocycles. The second-order valence-electron chi connectivity index (χ2n) is 6.68. The van der Waals surface area contributed by atoms with Crippen molar-refractivity contribution in [1.29, 1.82) is 0 Å². The van der Waals surface area contributed by atoms with Gasteiger partial charge >= 0.3 is 0 Å². The van der Waals surface area contributed by atoms with Crippen LogP contribution >= 0.6 is 15.9 Å². The van der Waals surface area contributed by atoms with E-state index in [0.717, 1.165) is 4.47 Å². The Bertz CT molecular complexity index is 926. The first-order chi connectivity index (χ1) is 13.0. The minimum atomic E-state index is -0.262. The van der Waals surface area contributed by atoms with Gasteiger partial charge in [0.2, 0.25) is 11.8 Å². The Kier molecular flexibility index (Phi) is 4.66. The summed E-state index contributed by atoms with van der Waals surface area (Å²) in [4.78, 5) is 38.9. The number of anilines is 2. The third-order valence-electron chi connectivity index (χ3n) is 4.98. The van der Waals surface area contributed by atoms with E-state index in [2.05, 4.69) is 21.2 Å². The van der Waals surface area contributed by atoms with E-state index < -0.39 is 0 Å². The molecule has 0 aromatic heterocycles.